The summed E-state index contributed by atoms with van der Waals surface area (Å²) in [6, 6.07) is 59.6. The van der Waals surface area contributed by atoms with E-state index in [9.17, 15) is 0 Å². The number of allylic oxidation sites excluding steroid dienone is 1. The molecule has 1 nitrogen and oxygen atoms in total. The van der Waals surface area contributed by atoms with Crippen LogP contribution in [0.2, 0.25) is 0 Å². The smallest absolute Gasteiger partial charge is 0.171 e. The molecule has 228 valence electrons. The van der Waals surface area contributed by atoms with E-state index in [0.717, 1.165) is 34.1 Å². The van der Waals surface area contributed by atoms with Gasteiger partial charge < -0.3 is 4.57 Å². The van der Waals surface area contributed by atoms with Crippen LogP contribution in [0.5, 0.6) is 0 Å². The lowest BCUT2D eigenvalue weighted by atomic mass is 9.81. The Labute approximate surface area is 281 Å². The first-order valence-corrected chi connectivity index (χ1v) is 18.4. The van der Waals surface area contributed by atoms with E-state index in [4.69, 9.17) is 0 Å². The second kappa shape index (κ2) is 11.6. The van der Waals surface area contributed by atoms with E-state index in [1.807, 2.05) is 60.7 Å². The van der Waals surface area contributed by atoms with Gasteiger partial charge in [-0.25, -0.2) is 0 Å². The third kappa shape index (κ3) is 4.66. The molecule has 9 rings (SSSR count). The fourth-order valence-electron chi connectivity index (χ4n) is 7.72. The predicted molar refractivity (Wildman–Crippen MR) is 206 cm³/mol. The van der Waals surface area contributed by atoms with E-state index in [1.165, 1.54) is 60.3 Å². The van der Waals surface area contributed by atoms with Crippen molar-refractivity contribution in [3.63, 3.8) is 0 Å². The first-order valence-electron chi connectivity index (χ1n) is 16.7. The minimum atomic E-state index is -3.19. The highest BCUT2D eigenvalue weighted by Crippen LogP contribution is 2.48. The van der Waals surface area contributed by atoms with Gasteiger partial charge >= 0.3 is 0 Å². The zero-order chi connectivity index (χ0) is 32.1. The SMILES string of the molecule is O=P(c1ccccc1)(c1ccccc1)c1ccc2c(-c3ccc4ccccc4c3)c3ccccc3c(C3=Cc4ccccc4CC3)c2c1. The molecule has 0 radical (unpaired) electrons. The van der Waals surface area contributed by atoms with Crippen molar-refractivity contribution < 1.29 is 4.57 Å². The lowest BCUT2D eigenvalue weighted by Gasteiger charge is -2.25. The van der Waals surface area contributed by atoms with E-state index in [-0.39, 0.29) is 0 Å². The van der Waals surface area contributed by atoms with E-state index in [2.05, 4.69) is 115 Å². The first kappa shape index (κ1) is 28.7. The quantitative estimate of drug-likeness (QED) is 0.136. The highest BCUT2D eigenvalue weighted by Gasteiger charge is 2.31. The molecule has 0 N–H and O–H groups in total. The molecule has 0 heterocycles. The monoisotopic (exact) mass is 632 g/mol. The van der Waals surface area contributed by atoms with E-state index in [0.29, 0.717) is 0 Å². The summed E-state index contributed by atoms with van der Waals surface area (Å²) in [5.74, 6) is 0. The van der Waals surface area contributed by atoms with Crippen molar-refractivity contribution in [3.8, 4) is 11.1 Å². The lowest BCUT2D eigenvalue weighted by Crippen LogP contribution is -2.25. The number of hydrogen-bond acceptors (Lipinski definition) is 1. The summed E-state index contributed by atoms with van der Waals surface area (Å²) in [5, 5.41) is 9.77. The largest absolute Gasteiger partial charge is 0.309 e. The molecule has 1 aliphatic rings. The summed E-state index contributed by atoms with van der Waals surface area (Å²) in [4.78, 5) is 0. The van der Waals surface area contributed by atoms with Gasteiger partial charge in [-0.3, -0.25) is 0 Å². The Morgan fingerprint density at radius 2 is 1.02 bits per heavy atom. The Morgan fingerprint density at radius 1 is 0.417 bits per heavy atom. The second-order valence-electron chi connectivity index (χ2n) is 12.7. The van der Waals surface area contributed by atoms with Crippen LogP contribution >= 0.6 is 7.14 Å². The molecule has 0 bridgehead atoms. The summed E-state index contributed by atoms with van der Waals surface area (Å²) in [7, 11) is -3.19. The van der Waals surface area contributed by atoms with Crippen molar-refractivity contribution in [1.82, 2.24) is 0 Å². The van der Waals surface area contributed by atoms with Crippen LogP contribution in [0.3, 0.4) is 0 Å². The minimum absolute atomic E-state index is 0.846. The summed E-state index contributed by atoms with van der Waals surface area (Å²) in [6.07, 6.45) is 4.33. The number of benzene rings is 8. The molecule has 0 amide bonds. The lowest BCUT2D eigenvalue weighted by molar-refractivity contribution is 0.592. The van der Waals surface area contributed by atoms with Crippen molar-refractivity contribution >= 4 is 67.0 Å². The fourth-order valence-corrected chi connectivity index (χ4v) is 10.4. The molecule has 0 spiro atoms. The number of aryl methyl sites for hydroxylation is 1. The van der Waals surface area contributed by atoms with E-state index < -0.39 is 7.14 Å². The molecule has 0 unspecified atom stereocenters. The van der Waals surface area contributed by atoms with E-state index in [1.54, 1.807) is 0 Å². The van der Waals surface area contributed by atoms with Gasteiger partial charge in [-0.1, -0.05) is 164 Å². The van der Waals surface area contributed by atoms with Crippen LogP contribution in [-0.2, 0) is 11.0 Å². The zero-order valence-electron chi connectivity index (χ0n) is 26.5. The third-order valence-corrected chi connectivity index (χ3v) is 13.1. The first-order chi connectivity index (χ1) is 23.7. The van der Waals surface area contributed by atoms with Crippen molar-refractivity contribution in [2.45, 2.75) is 12.8 Å². The topological polar surface area (TPSA) is 17.1 Å². The molecule has 0 saturated carbocycles. The molecule has 0 aromatic heterocycles. The number of rotatable bonds is 5. The van der Waals surface area contributed by atoms with Crippen molar-refractivity contribution in [2.24, 2.45) is 0 Å². The average Bonchev–Trinajstić information content (AvgIpc) is 3.16. The van der Waals surface area contributed by atoms with Crippen molar-refractivity contribution in [2.75, 3.05) is 0 Å². The Hall–Kier alpha value is -5.49. The van der Waals surface area contributed by atoms with Crippen LogP contribution in [0, 0.1) is 0 Å². The van der Waals surface area contributed by atoms with Gasteiger partial charge in [-0.2, -0.15) is 0 Å². The number of fused-ring (bicyclic) bond motifs is 4. The standard InChI is InChI=1S/C46H33OP/c47-48(38-17-3-1-4-18-38,39-19-5-2-6-20-39)40-27-28-43-44(31-40)46(37-26-24-33-14-8-10-16-35(33)30-37)42-22-12-11-21-41(42)45(43)36-25-23-32-13-7-9-15-34(32)29-36/h1-23,25,27-31H,24,26H2. The molecular weight excluding hydrogens is 599 g/mol. The average molecular weight is 633 g/mol. The molecule has 48 heavy (non-hydrogen) atoms. The molecular formula is C46H33OP. The van der Waals surface area contributed by atoms with Gasteiger partial charge in [0, 0.05) is 15.9 Å². The zero-order valence-corrected chi connectivity index (χ0v) is 27.4. The van der Waals surface area contributed by atoms with Crippen LogP contribution in [-0.4, -0.2) is 0 Å². The Bertz CT molecular complexity index is 2540. The summed E-state index contributed by atoms with van der Waals surface area (Å²) >= 11 is 0. The molecule has 0 fully saturated rings. The highest BCUT2D eigenvalue weighted by molar-refractivity contribution is 7.85. The van der Waals surface area contributed by atoms with E-state index >= 15 is 4.57 Å². The normalized spacial score (nSPS) is 13.0. The molecule has 0 aliphatic heterocycles. The maximum absolute atomic E-state index is 15.7. The second-order valence-corrected chi connectivity index (χ2v) is 15.5. The Balaban J connectivity index is 1.40. The van der Waals surface area contributed by atoms with Gasteiger partial charge in [-0.15, -0.1) is 0 Å². The minimum Gasteiger partial charge on any atom is -0.309 e. The van der Waals surface area contributed by atoms with Crippen LogP contribution in [0.1, 0.15) is 23.1 Å². The predicted octanol–water partition coefficient (Wildman–Crippen LogP) is 10.9. The van der Waals surface area contributed by atoms with Crippen LogP contribution in [0.15, 0.2) is 170 Å². The van der Waals surface area contributed by atoms with Crippen molar-refractivity contribution in [3.05, 3.63) is 187 Å². The molecule has 0 atom stereocenters. The summed E-state index contributed by atoms with van der Waals surface area (Å²) in [5.41, 5.74) is 7.64. The van der Waals surface area contributed by atoms with Gasteiger partial charge in [-0.05, 0) is 90.7 Å². The van der Waals surface area contributed by atoms with Crippen LogP contribution in [0.25, 0.3) is 55.1 Å². The van der Waals surface area contributed by atoms with Gasteiger partial charge in [0.15, 0.2) is 7.14 Å². The Morgan fingerprint density at radius 3 is 1.77 bits per heavy atom. The number of hydrogen-bond donors (Lipinski definition) is 0. The van der Waals surface area contributed by atoms with Crippen LogP contribution < -0.4 is 15.9 Å². The van der Waals surface area contributed by atoms with Crippen LogP contribution in [0.4, 0.5) is 0 Å². The molecule has 2 heteroatoms. The fraction of sp³-hybridized carbons (Fsp3) is 0.0435. The maximum atomic E-state index is 15.7. The molecule has 8 aromatic rings. The maximum Gasteiger partial charge on any atom is 0.171 e. The summed E-state index contributed by atoms with van der Waals surface area (Å²) < 4.78 is 15.7. The third-order valence-electron chi connectivity index (χ3n) is 10.0. The van der Waals surface area contributed by atoms with Gasteiger partial charge in [0.2, 0.25) is 0 Å². The Kier molecular flexibility index (Phi) is 6.96. The van der Waals surface area contributed by atoms with Gasteiger partial charge in [0.05, 0.1) is 0 Å². The van der Waals surface area contributed by atoms with Gasteiger partial charge in [0.1, 0.15) is 0 Å². The molecule has 0 saturated heterocycles. The molecule has 8 aromatic carbocycles. The molecule has 1 aliphatic carbocycles. The van der Waals surface area contributed by atoms with Crippen molar-refractivity contribution in [1.29, 1.82) is 0 Å². The van der Waals surface area contributed by atoms with Gasteiger partial charge in [0.25, 0.3) is 0 Å². The summed E-state index contributed by atoms with van der Waals surface area (Å²) in [6.45, 7) is 0. The highest BCUT2D eigenvalue weighted by atomic mass is 31.2.